The van der Waals surface area contributed by atoms with Crippen molar-refractivity contribution < 1.29 is 18.0 Å². The minimum Gasteiger partial charge on any atom is -0.350 e. The summed E-state index contributed by atoms with van der Waals surface area (Å²) in [7, 11) is 0. The van der Waals surface area contributed by atoms with Crippen molar-refractivity contribution in [1.82, 2.24) is 20.5 Å². The molecule has 0 spiro atoms. The standard InChI is InChI=1S/C15H11F3N4O/c1-2-3-9-19-13(23)12-11(10-7-5-4-6-8-10)20-14(22-21-12)15(16,17)18/h1,4-8H,3,9H2,(H,19,23). The van der Waals surface area contributed by atoms with E-state index in [0.29, 0.717) is 5.56 Å². The van der Waals surface area contributed by atoms with Gasteiger partial charge in [-0.2, -0.15) is 13.2 Å². The predicted molar refractivity (Wildman–Crippen MR) is 76.0 cm³/mol. The maximum absolute atomic E-state index is 12.8. The molecular weight excluding hydrogens is 309 g/mol. The molecule has 2 aromatic rings. The van der Waals surface area contributed by atoms with Gasteiger partial charge >= 0.3 is 6.18 Å². The molecule has 2 rings (SSSR count). The third kappa shape index (κ3) is 4.03. The predicted octanol–water partition coefficient (Wildman–Crippen LogP) is 2.31. The highest BCUT2D eigenvalue weighted by Gasteiger charge is 2.36. The third-order valence-corrected chi connectivity index (χ3v) is 2.76. The van der Waals surface area contributed by atoms with Crippen molar-refractivity contribution in [3.05, 3.63) is 41.9 Å². The van der Waals surface area contributed by atoms with Crippen molar-refractivity contribution in [3.8, 4) is 23.6 Å². The molecule has 0 atom stereocenters. The van der Waals surface area contributed by atoms with E-state index in [4.69, 9.17) is 6.42 Å². The number of amides is 1. The van der Waals surface area contributed by atoms with Crippen molar-refractivity contribution in [1.29, 1.82) is 0 Å². The summed E-state index contributed by atoms with van der Waals surface area (Å²) in [5.41, 5.74) is -0.151. The molecule has 1 aromatic heterocycles. The van der Waals surface area contributed by atoms with Gasteiger partial charge in [0.2, 0.25) is 0 Å². The van der Waals surface area contributed by atoms with Gasteiger partial charge < -0.3 is 5.32 Å². The van der Waals surface area contributed by atoms with Crippen molar-refractivity contribution in [2.45, 2.75) is 12.6 Å². The first-order chi connectivity index (χ1) is 10.9. The van der Waals surface area contributed by atoms with E-state index < -0.39 is 17.9 Å². The van der Waals surface area contributed by atoms with Crippen LogP contribution >= 0.6 is 0 Å². The third-order valence-electron chi connectivity index (χ3n) is 2.76. The highest BCUT2D eigenvalue weighted by molar-refractivity contribution is 5.97. The first kappa shape index (κ1) is 16.4. The lowest BCUT2D eigenvalue weighted by Gasteiger charge is -2.10. The summed E-state index contributed by atoms with van der Waals surface area (Å²) in [6.07, 6.45) is 0.606. The van der Waals surface area contributed by atoms with Crippen LogP contribution in [0, 0.1) is 12.3 Å². The molecule has 1 N–H and O–H groups in total. The molecule has 0 unspecified atom stereocenters. The van der Waals surface area contributed by atoms with Crippen LogP contribution in [0.25, 0.3) is 11.3 Å². The maximum atomic E-state index is 12.8. The zero-order valence-electron chi connectivity index (χ0n) is 11.8. The van der Waals surface area contributed by atoms with Crippen LogP contribution in [0.15, 0.2) is 30.3 Å². The number of hydrogen-bond acceptors (Lipinski definition) is 4. The van der Waals surface area contributed by atoms with E-state index in [9.17, 15) is 18.0 Å². The number of carbonyl (C=O) groups excluding carboxylic acids is 1. The molecule has 0 saturated carbocycles. The average molecular weight is 320 g/mol. The Morgan fingerprint density at radius 2 is 1.91 bits per heavy atom. The van der Waals surface area contributed by atoms with Gasteiger partial charge in [-0.1, -0.05) is 30.3 Å². The first-order valence-electron chi connectivity index (χ1n) is 6.52. The van der Waals surface area contributed by atoms with E-state index in [2.05, 4.69) is 26.4 Å². The number of carbonyl (C=O) groups is 1. The molecule has 0 aliphatic rings. The van der Waals surface area contributed by atoms with Gasteiger partial charge in [0.1, 0.15) is 5.69 Å². The SMILES string of the molecule is C#CCCNC(=O)c1nnc(C(F)(F)F)nc1-c1ccccc1. The van der Waals surface area contributed by atoms with Crippen LogP contribution in [0.1, 0.15) is 22.7 Å². The van der Waals surface area contributed by atoms with Crippen molar-refractivity contribution in [2.24, 2.45) is 0 Å². The Morgan fingerprint density at radius 1 is 1.22 bits per heavy atom. The molecule has 0 fully saturated rings. The zero-order valence-corrected chi connectivity index (χ0v) is 11.8. The molecule has 0 aliphatic carbocycles. The summed E-state index contributed by atoms with van der Waals surface area (Å²) < 4.78 is 38.3. The number of nitrogens with one attached hydrogen (secondary N) is 1. The second-order valence-electron chi connectivity index (χ2n) is 4.41. The minimum atomic E-state index is -4.75. The lowest BCUT2D eigenvalue weighted by atomic mass is 10.1. The van der Waals surface area contributed by atoms with Gasteiger partial charge in [0.25, 0.3) is 11.7 Å². The highest BCUT2D eigenvalue weighted by Crippen LogP contribution is 2.28. The van der Waals surface area contributed by atoms with Gasteiger partial charge in [0.05, 0.1) is 0 Å². The van der Waals surface area contributed by atoms with E-state index in [1.54, 1.807) is 18.2 Å². The lowest BCUT2D eigenvalue weighted by Crippen LogP contribution is -2.27. The van der Waals surface area contributed by atoms with Gasteiger partial charge in [-0.15, -0.1) is 22.5 Å². The number of terminal acetylenes is 1. The van der Waals surface area contributed by atoms with Crippen LogP contribution in [-0.4, -0.2) is 27.6 Å². The van der Waals surface area contributed by atoms with Crippen molar-refractivity contribution in [2.75, 3.05) is 6.54 Å². The average Bonchev–Trinajstić information content (AvgIpc) is 2.54. The van der Waals surface area contributed by atoms with Crippen LogP contribution in [0.4, 0.5) is 13.2 Å². The molecule has 8 heteroatoms. The highest BCUT2D eigenvalue weighted by atomic mass is 19.4. The Morgan fingerprint density at radius 3 is 2.52 bits per heavy atom. The number of alkyl halides is 3. The Balaban J connectivity index is 2.46. The van der Waals surface area contributed by atoms with Crippen LogP contribution in [0.3, 0.4) is 0 Å². The van der Waals surface area contributed by atoms with Gasteiger partial charge in [0.15, 0.2) is 5.69 Å². The molecule has 1 aromatic carbocycles. The molecule has 1 amide bonds. The summed E-state index contributed by atoms with van der Waals surface area (Å²) in [6, 6.07) is 7.98. The Labute approximate surface area is 130 Å². The van der Waals surface area contributed by atoms with Gasteiger partial charge in [-0.05, 0) is 0 Å². The fourth-order valence-corrected chi connectivity index (χ4v) is 1.73. The first-order valence-corrected chi connectivity index (χ1v) is 6.52. The van der Waals surface area contributed by atoms with E-state index in [1.165, 1.54) is 12.1 Å². The second kappa shape index (κ2) is 6.87. The minimum absolute atomic E-state index is 0.173. The quantitative estimate of drug-likeness (QED) is 0.693. The number of rotatable bonds is 4. The Bertz CT molecular complexity index is 739. The smallest absolute Gasteiger partial charge is 0.350 e. The summed E-state index contributed by atoms with van der Waals surface area (Å²) in [5, 5.41) is 8.87. The van der Waals surface area contributed by atoms with Crippen molar-refractivity contribution >= 4 is 5.91 Å². The van der Waals surface area contributed by atoms with Gasteiger partial charge in [-0.25, -0.2) is 4.98 Å². The molecule has 0 bridgehead atoms. The van der Waals surface area contributed by atoms with E-state index in [1.807, 2.05) is 0 Å². The van der Waals surface area contributed by atoms with Gasteiger partial charge in [0, 0.05) is 18.5 Å². The monoisotopic (exact) mass is 320 g/mol. The van der Waals surface area contributed by atoms with E-state index >= 15 is 0 Å². The lowest BCUT2D eigenvalue weighted by molar-refractivity contribution is -0.145. The van der Waals surface area contributed by atoms with Gasteiger partial charge in [-0.3, -0.25) is 4.79 Å². The summed E-state index contributed by atoms with van der Waals surface area (Å²) in [5.74, 6) is 0.242. The maximum Gasteiger partial charge on any atom is 0.453 e. The fourth-order valence-electron chi connectivity index (χ4n) is 1.73. The topological polar surface area (TPSA) is 67.8 Å². The van der Waals surface area contributed by atoms with E-state index in [-0.39, 0.29) is 24.4 Å². The number of hydrogen-bond donors (Lipinski definition) is 1. The molecule has 23 heavy (non-hydrogen) atoms. The fraction of sp³-hybridized carbons (Fsp3) is 0.200. The Hall–Kier alpha value is -2.95. The molecule has 0 radical (unpaired) electrons. The number of nitrogens with zero attached hydrogens (tertiary/aromatic N) is 3. The molecule has 5 nitrogen and oxygen atoms in total. The molecule has 0 saturated heterocycles. The molecule has 118 valence electrons. The summed E-state index contributed by atoms with van der Waals surface area (Å²) >= 11 is 0. The van der Waals surface area contributed by atoms with Crippen LogP contribution in [0.2, 0.25) is 0 Å². The number of aromatic nitrogens is 3. The van der Waals surface area contributed by atoms with E-state index in [0.717, 1.165) is 0 Å². The zero-order chi connectivity index (χ0) is 16.9. The summed E-state index contributed by atoms with van der Waals surface area (Å²) in [4.78, 5) is 15.5. The molecule has 0 aliphatic heterocycles. The number of benzene rings is 1. The second-order valence-corrected chi connectivity index (χ2v) is 4.41. The largest absolute Gasteiger partial charge is 0.453 e. The normalized spacial score (nSPS) is 10.9. The Kier molecular flexibility index (Phi) is 4.91. The molecular formula is C15H11F3N4O. The summed E-state index contributed by atoms with van der Waals surface area (Å²) in [6.45, 7) is 0.173. The van der Waals surface area contributed by atoms with Crippen LogP contribution in [-0.2, 0) is 6.18 Å². The molecule has 1 heterocycles. The number of halogens is 3. The van der Waals surface area contributed by atoms with Crippen LogP contribution in [0.5, 0.6) is 0 Å². The van der Waals surface area contributed by atoms with Crippen molar-refractivity contribution in [3.63, 3.8) is 0 Å². The van der Waals surface area contributed by atoms with Crippen LogP contribution < -0.4 is 5.32 Å².